The maximum absolute atomic E-state index is 13.0. The Kier molecular flexibility index (Phi) is 12.6. The SMILES string of the molecule is Cc1ccc(S(=O)(=O)OC[C@H](/C=C/[C@@H](COS(=O)(=O)c2ccc(C)cc2)O[Si](C)(C)C(C)(C)C)O[Si](C)(C)C(C)(C)C)cc1. The lowest BCUT2D eigenvalue weighted by Crippen LogP contribution is -2.45. The van der Waals surface area contributed by atoms with E-state index in [0.717, 1.165) is 11.1 Å². The minimum atomic E-state index is -4.04. The van der Waals surface area contributed by atoms with Gasteiger partial charge in [0.15, 0.2) is 16.6 Å². The van der Waals surface area contributed by atoms with Gasteiger partial charge in [-0.25, -0.2) is 0 Å². The Hall–Kier alpha value is -1.65. The molecule has 0 bridgehead atoms. The van der Waals surface area contributed by atoms with Crippen LogP contribution in [0.5, 0.6) is 0 Å². The van der Waals surface area contributed by atoms with Crippen molar-refractivity contribution in [3.8, 4) is 0 Å². The largest absolute Gasteiger partial charge is 0.408 e. The van der Waals surface area contributed by atoms with Crippen LogP contribution in [0.2, 0.25) is 36.3 Å². The Labute approximate surface area is 268 Å². The van der Waals surface area contributed by atoms with E-state index in [-0.39, 0.29) is 33.1 Å². The Bertz CT molecular complexity index is 1360. The Morgan fingerprint density at radius 3 is 1.11 bits per heavy atom. The Morgan fingerprint density at radius 1 is 0.591 bits per heavy atom. The predicted octanol–water partition coefficient (Wildman–Crippen LogP) is 7.75. The first kappa shape index (κ1) is 38.5. The average Bonchev–Trinajstić information content (AvgIpc) is 2.87. The van der Waals surface area contributed by atoms with Crippen molar-refractivity contribution >= 4 is 36.9 Å². The standard InChI is InChI=1S/C32H52O8S2Si2/c1-25-13-19-29(20-14-25)41(33,34)37-23-27(39-43(9,10)31(3,4)5)17-18-28(40-44(11,12)32(6,7)8)24-38-42(35,36)30-21-15-26(2)16-22-30/h13-22,27-28H,23-24H2,1-12H3/b18-17+/t27-,28-/m0/s1. The molecule has 44 heavy (non-hydrogen) atoms. The van der Waals surface area contributed by atoms with Crippen LogP contribution < -0.4 is 0 Å². The van der Waals surface area contributed by atoms with Crippen LogP contribution >= 0.6 is 0 Å². The highest BCUT2D eigenvalue weighted by molar-refractivity contribution is 7.87. The quantitative estimate of drug-likeness (QED) is 0.113. The molecule has 2 atom stereocenters. The molecule has 0 N–H and O–H groups in total. The molecule has 0 heterocycles. The zero-order chi connectivity index (χ0) is 33.8. The van der Waals surface area contributed by atoms with E-state index in [1.54, 1.807) is 36.4 Å². The maximum Gasteiger partial charge on any atom is 0.297 e. The van der Waals surface area contributed by atoms with E-state index in [2.05, 4.69) is 67.7 Å². The van der Waals surface area contributed by atoms with E-state index in [1.807, 2.05) is 13.8 Å². The van der Waals surface area contributed by atoms with Crippen molar-refractivity contribution in [2.24, 2.45) is 0 Å². The molecule has 0 aliphatic carbocycles. The second kappa shape index (κ2) is 14.4. The van der Waals surface area contributed by atoms with Crippen molar-refractivity contribution in [3.63, 3.8) is 0 Å². The number of rotatable bonds is 14. The zero-order valence-electron chi connectivity index (χ0n) is 28.4. The summed E-state index contributed by atoms with van der Waals surface area (Å²) in [6.07, 6.45) is 1.95. The molecule has 248 valence electrons. The third kappa shape index (κ3) is 11.0. The Morgan fingerprint density at radius 2 is 0.864 bits per heavy atom. The van der Waals surface area contributed by atoms with E-state index in [4.69, 9.17) is 17.2 Å². The lowest BCUT2D eigenvalue weighted by molar-refractivity contribution is 0.141. The van der Waals surface area contributed by atoms with E-state index in [9.17, 15) is 16.8 Å². The van der Waals surface area contributed by atoms with E-state index in [1.165, 1.54) is 24.3 Å². The van der Waals surface area contributed by atoms with Crippen LogP contribution in [0.15, 0.2) is 70.5 Å². The summed E-state index contributed by atoms with van der Waals surface area (Å²) in [5.41, 5.74) is 1.87. The summed E-state index contributed by atoms with van der Waals surface area (Å²) in [6.45, 7) is 24.1. The van der Waals surface area contributed by atoms with Gasteiger partial charge in [0.2, 0.25) is 0 Å². The summed E-state index contributed by atoms with van der Waals surface area (Å²) in [4.78, 5) is 0.124. The first-order chi connectivity index (χ1) is 19.9. The molecule has 2 aromatic carbocycles. The van der Waals surface area contributed by atoms with Gasteiger partial charge in [-0.15, -0.1) is 0 Å². The van der Waals surface area contributed by atoms with Crippen LogP contribution in [0.4, 0.5) is 0 Å². The molecular formula is C32H52O8S2Si2. The summed E-state index contributed by atoms with van der Waals surface area (Å²) in [5, 5.41) is -0.311. The number of benzene rings is 2. The van der Waals surface area contributed by atoms with E-state index in [0.29, 0.717) is 0 Å². The third-order valence-electron chi connectivity index (χ3n) is 8.44. The molecule has 2 rings (SSSR count). The Balaban J connectivity index is 2.41. The molecule has 0 saturated heterocycles. The smallest absolute Gasteiger partial charge is 0.297 e. The highest BCUT2D eigenvalue weighted by Gasteiger charge is 2.41. The number of aryl methyl sites for hydroxylation is 2. The van der Waals surface area contributed by atoms with Gasteiger partial charge in [0.25, 0.3) is 20.2 Å². The van der Waals surface area contributed by atoms with Gasteiger partial charge in [0.1, 0.15) is 0 Å². The minimum Gasteiger partial charge on any atom is -0.408 e. The van der Waals surface area contributed by atoms with Gasteiger partial charge in [-0.2, -0.15) is 16.8 Å². The zero-order valence-corrected chi connectivity index (χ0v) is 32.1. The second-order valence-electron chi connectivity index (χ2n) is 14.3. The van der Waals surface area contributed by atoms with Crippen molar-refractivity contribution in [2.45, 2.75) is 114 Å². The van der Waals surface area contributed by atoms with Crippen molar-refractivity contribution in [1.29, 1.82) is 0 Å². The van der Waals surface area contributed by atoms with Gasteiger partial charge in [-0.3, -0.25) is 8.37 Å². The molecule has 0 fully saturated rings. The van der Waals surface area contributed by atoms with Gasteiger partial charge in [-0.1, -0.05) is 89.1 Å². The van der Waals surface area contributed by atoms with Crippen LogP contribution in [-0.4, -0.2) is 58.9 Å². The topological polar surface area (TPSA) is 105 Å². The molecule has 0 aliphatic heterocycles. The van der Waals surface area contributed by atoms with Gasteiger partial charge in [-0.05, 0) is 74.4 Å². The van der Waals surface area contributed by atoms with Gasteiger partial charge < -0.3 is 8.85 Å². The highest BCUT2D eigenvalue weighted by atomic mass is 32.2. The summed E-state index contributed by atoms with van der Waals surface area (Å²) in [5.74, 6) is 0. The third-order valence-corrected chi connectivity index (χ3v) is 20.0. The maximum atomic E-state index is 13.0. The molecule has 0 radical (unpaired) electrons. The first-order valence-electron chi connectivity index (χ1n) is 14.8. The summed E-state index contributed by atoms with van der Waals surface area (Å²) in [6, 6.07) is 12.9. The van der Waals surface area contributed by atoms with Gasteiger partial charge in [0.05, 0.1) is 35.2 Å². The van der Waals surface area contributed by atoms with Crippen molar-refractivity contribution in [2.75, 3.05) is 13.2 Å². The lowest BCUT2D eigenvalue weighted by atomic mass is 10.2. The fourth-order valence-corrected chi connectivity index (χ4v) is 7.83. The lowest BCUT2D eigenvalue weighted by Gasteiger charge is -2.39. The molecule has 0 spiro atoms. The van der Waals surface area contributed by atoms with E-state index >= 15 is 0 Å². The molecule has 8 nitrogen and oxygen atoms in total. The average molecular weight is 685 g/mol. The minimum absolute atomic E-state index is 0.0620. The van der Waals surface area contributed by atoms with Crippen LogP contribution in [0.3, 0.4) is 0 Å². The van der Waals surface area contributed by atoms with Crippen molar-refractivity contribution in [1.82, 2.24) is 0 Å². The van der Waals surface area contributed by atoms with Crippen molar-refractivity contribution in [3.05, 3.63) is 71.8 Å². The van der Waals surface area contributed by atoms with Crippen LogP contribution in [0.25, 0.3) is 0 Å². The molecule has 0 aliphatic rings. The molecule has 12 heteroatoms. The fraction of sp³-hybridized carbons (Fsp3) is 0.562. The molecule has 0 aromatic heterocycles. The molecular weight excluding hydrogens is 633 g/mol. The van der Waals surface area contributed by atoms with Crippen LogP contribution in [0, 0.1) is 13.8 Å². The molecule has 0 amide bonds. The van der Waals surface area contributed by atoms with Crippen molar-refractivity contribution < 1.29 is 34.1 Å². The second-order valence-corrected chi connectivity index (χ2v) is 27.1. The number of hydrogen-bond acceptors (Lipinski definition) is 8. The molecule has 0 saturated carbocycles. The first-order valence-corrected chi connectivity index (χ1v) is 23.5. The summed E-state index contributed by atoms with van der Waals surface area (Å²) < 4.78 is 76.3. The highest BCUT2D eigenvalue weighted by Crippen LogP contribution is 2.39. The van der Waals surface area contributed by atoms with Crippen LogP contribution in [-0.2, 0) is 37.5 Å². The predicted molar refractivity (Wildman–Crippen MR) is 182 cm³/mol. The van der Waals surface area contributed by atoms with E-state index < -0.39 is 49.1 Å². The summed E-state index contributed by atoms with van der Waals surface area (Å²) in [7, 11) is -12.8. The van der Waals surface area contributed by atoms with Gasteiger partial charge >= 0.3 is 0 Å². The summed E-state index contributed by atoms with van der Waals surface area (Å²) >= 11 is 0. The molecule has 0 unspecified atom stereocenters. The van der Waals surface area contributed by atoms with Gasteiger partial charge in [0, 0.05) is 0 Å². The normalized spacial score (nSPS) is 15.5. The monoisotopic (exact) mass is 684 g/mol. The van der Waals surface area contributed by atoms with Crippen LogP contribution in [0.1, 0.15) is 52.7 Å². The molecule has 2 aromatic rings. The fourth-order valence-electron chi connectivity index (χ4n) is 3.48. The number of hydrogen-bond donors (Lipinski definition) is 0.